The highest BCUT2D eigenvalue weighted by Gasteiger charge is 2.59. The Morgan fingerprint density at radius 2 is 1.44 bits per heavy atom. The van der Waals surface area contributed by atoms with Crippen molar-refractivity contribution in [3.8, 4) is 17.6 Å². The largest absolute Gasteiger partial charge is 0.497 e. The Morgan fingerprint density at radius 3 is 1.95 bits per heavy atom. The quantitative estimate of drug-likeness (QED) is 0.0579. The fourth-order valence-corrected chi connectivity index (χ4v) is 10.9. The number of rotatable bonds is 18. The minimum absolute atomic E-state index is 0.0239. The van der Waals surface area contributed by atoms with Crippen molar-refractivity contribution in [2.75, 3.05) is 38.0 Å². The molecule has 16 heteroatoms. The monoisotopic (exact) mass is 865 g/mol. The molecule has 1 aliphatic rings. The number of anilines is 2. The number of benzene rings is 4. The first-order valence-corrected chi connectivity index (χ1v) is 22.1. The molecule has 1 aromatic heterocycles. The van der Waals surface area contributed by atoms with Gasteiger partial charge in [0.1, 0.15) is 35.2 Å². The minimum atomic E-state index is -3.72. The number of nitrogens with one attached hydrogen (secondary N) is 1. The second kappa shape index (κ2) is 20.3. The van der Waals surface area contributed by atoms with Crippen LogP contribution in [0.25, 0.3) is 0 Å². The van der Waals surface area contributed by atoms with E-state index in [1.807, 2.05) is 111 Å². The number of carbonyl (C=O) groups is 1. The summed E-state index contributed by atoms with van der Waals surface area (Å²) in [5, 5.41) is 12.6. The van der Waals surface area contributed by atoms with Crippen LogP contribution >= 0.6 is 7.87 Å². The SMILES string of the molecule is COc1ccc(C(OC[C@H]2O[C@@H](n3ccc(N)nc3=O)[C@H](OC(=O)Nc3ccccc3)[C@@H]2O[P+](O)(CCC#N)N(C(C)C)C(C)C)(c2ccccc2)c2ccc(OC)cc2)cc1. The van der Waals surface area contributed by atoms with Gasteiger partial charge in [-0.1, -0.05) is 72.8 Å². The molecule has 6 rings (SSSR count). The van der Waals surface area contributed by atoms with Gasteiger partial charge in [0.15, 0.2) is 18.4 Å². The van der Waals surface area contributed by atoms with E-state index >= 15 is 0 Å². The van der Waals surface area contributed by atoms with Crippen molar-refractivity contribution < 1.29 is 37.9 Å². The molecule has 5 aromatic rings. The summed E-state index contributed by atoms with van der Waals surface area (Å²) >= 11 is 0. The number of nitrogen functional groups attached to an aromatic ring is 1. The van der Waals surface area contributed by atoms with Crippen LogP contribution in [0.1, 0.15) is 57.0 Å². The average Bonchev–Trinajstić information content (AvgIpc) is 3.58. The molecule has 326 valence electrons. The number of nitriles is 1. The van der Waals surface area contributed by atoms with Crippen molar-refractivity contribution in [2.24, 2.45) is 0 Å². The third-order valence-electron chi connectivity index (χ3n) is 10.5. The zero-order valence-electron chi connectivity index (χ0n) is 35.7. The van der Waals surface area contributed by atoms with E-state index in [4.69, 9.17) is 33.9 Å². The summed E-state index contributed by atoms with van der Waals surface area (Å²) in [5.74, 6) is 1.25. The maximum absolute atomic E-state index is 13.9. The van der Waals surface area contributed by atoms with Crippen LogP contribution in [0, 0.1) is 11.3 Å². The number of aromatic nitrogens is 2. The highest BCUT2D eigenvalue weighted by atomic mass is 31.2. The van der Waals surface area contributed by atoms with Gasteiger partial charge in [-0.3, -0.25) is 9.88 Å². The van der Waals surface area contributed by atoms with Crippen molar-refractivity contribution in [1.29, 1.82) is 5.26 Å². The number of ether oxygens (including phenoxy) is 5. The lowest BCUT2D eigenvalue weighted by molar-refractivity contribution is -0.0948. The Bertz CT molecular complexity index is 2270. The molecule has 0 radical (unpaired) electrons. The number of hydrogen-bond donors (Lipinski definition) is 3. The summed E-state index contributed by atoms with van der Waals surface area (Å²) in [5.41, 5.74) is 6.51. The number of carbonyl (C=O) groups excluding carboxylic acids is 1. The Balaban J connectivity index is 1.53. The Hall–Kier alpha value is -5.85. The molecule has 15 nitrogen and oxygen atoms in total. The topological polar surface area (TPSA) is 193 Å². The fourth-order valence-electron chi connectivity index (χ4n) is 7.94. The van der Waals surface area contributed by atoms with E-state index in [-0.39, 0.29) is 37.1 Å². The lowest BCUT2D eigenvalue weighted by atomic mass is 9.80. The molecule has 4 N–H and O–H groups in total. The number of nitrogens with two attached hydrogens (primary N) is 1. The van der Waals surface area contributed by atoms with Gasteiger partial charge in [-0.25, -0.2) is 14.5 Å². The highest BCUT2D eigenvalue weighted by Crippen LogP contribution is 2.64. The van der Waals surface area contributed by atoms with Crippen LogP contribution in [0.3, 0.4) is 0 Å². The van der Waals surface area contributed by atoms with Crippen molar-refractivity contribution in [3.05, 3.63) is 149 Å². The normalized spacial score (nSPS) is 18.6. The first-order chi connectivity index (χ1) is 29.8. The first-order valence-electron chi connectivity index (χ1n) is 20.3. The molecule has 2 heterocycles. The van der Waals surface area contributed by atoms with Gasteiger partial charge in [-0.2, -0.15) is 14.8 Å². The van der Waals surface area contributed by atoms with E-state index in [2.05, 4.69) is 16.4 Å². The summed E-state index contributed by atoms with van der Waals surface area (Å²) in [6.07, 6.45) is -4.71. The summed E-state index contributed by atoms with van der Waals surface area (Å²) < 4.78 is 41.3. The standard InChI is InChI=1S/C46H53N6O9P/c1-31(2)52(32(3)4)62(55,29-13-27-47)61-41-39(59-43(51-28-26-40(48)50-44(51)53)42(41)60-45(54)49-36-16-11-8-12-17-36)30-58-46(33-14-9-7-10-15-33,34-18-22-37(56-5)23-19-34)35-20-24-38(57-6)25-21-35/h7-12,14-26,28,31-32,39,41-43,55H,13,29-30H2,1-6H3,(H2-,48,49,50,53,54)/p+1/t39-,41-,42-,43-,62?/m1/s1. The van der Waals surface area contributed by atoms with Crippen molar-refractivity contribution in [3.63, 3.8) is 0 Å². The summed E-state index contributed by atoms with van der Waals surface area (Å²) in [4.78, 5) is 44.2. The van der Waals surface area contributed by atoms with Gasteiger partial charge in [-0.05, 0) is 86.8 Å². The van der Waals surface area contributed by atoms with Crippen LogP contribution in [-0.4, -0.2) is 82.6 Å². The molecule has 0 saturated carbocycles. The summed E-state index contributed by atoms with van der Waals surface area (Å²) in [6, 6.07) is 36.5. The summed E-state index contributed by atoms with van der Waals surface area (Å²) in [6.45, 7) is 7.46. The average molecular weight is 866 g/mol. The first kappa shape index (κ1) is 45.7. The molecule has 62 heavy (non-hydrogen) atoms. The Morgan fingerprint density at radius 1 is 0.887 bits per heavy atom. The van der Waals surface area contributed by atoms with E-state index in [0.29, 0.717) is 17.2 Å². The second-order valence-electron chi connectivity index (χ2n) is 15.2. The predicted octanol–water partition coefficient (Wildman–Crippen LogP) is 7.54. The molecule has 1 aliphatic heterocycles. The molecule has 1 saturated heterocycles. The van der Waals surface area contributed by atoms with Gasteiger partial charge in [-0.15, -0.1) is 4.67 Å². The molecule has 5 atom stereocenters. The van der Waals surface area contributed by atoms with Crippen LogP contribution < -0.4 is 26.2 Å². The van der Waals surface area contributed by atoms with Crippen molar-refractivity contribution >= 4 is 25.5 Å². The molecular weight excluding hydrogens is 812 g/mol. The maximum Gasteiger partial charge on any atom is 0.412 e. The van der Waals surface area contributed by atoms with Gasteiger partial charge in [0.25, 0.3) is 0 Å². The Kier molecular flexibility index (Phi) is 15.0. The van der Waals surface area contributed by atoms with E-state index in [9.17, 15) is 19.7 Å². The van der Waals surface area contributed by atoms with Crippen molar-refractivity contribution in [2.45, 2.75) is 76.3 Å². The molecule has 0 aliphatic carbocycles. The maximum atomic E-state index is 13.9. The Labute approximate surface area is 362 Å². The smallest absolute Gasteiger partial charge is 0.412 e. The highest BCUT2D eigenvalue weighted by molar-refractivity contribution is 7.63. The minimum Gasteiger partial charge on any atom is -0.497 e. The van der Waals surface area contributed by atoms with Gasteiger partial charge in [0.2, 0.25) is 0 Å². The van der Waals surface area contributed by atoms with Crippen LogP contribution in [0.5, 0.6) is 11.5 Å². The third kappa shape index (κ3) is 10.1. The second-order valence-corrected chi connectivity index (χ2v) is 17.7. The molecule has 0 spiro atoms. The molecule has 1 unspecified atom stereocenters. The number of hydrogen-bond acceptors (Lipinski definition) is 13. The zero-order chi connectivity index (χ0) is 44.4. The number of nitrogens with zero attached hydrogens (tertiary/aromatic N) is 4. The van der Waals surface area contributed by atoms with Crippen LogP contribution in [0.15, 0.2) is 126 Å². The number of para-hydroxylation sites is 1. The molecule has 0 bridgehead atoms. The molecule has 1 fully saturated rings. The summed E-state index contributed by atoms with van der Waals surface area (Å²) in [7, 11) is -0.541. The molecule has 1 amide bonds. The molecular formula is C46H54N6O9P+. The zero-order valence-corrected chi connectivity index (χ0v) is 36.6. The van der Waals surface area contributed by atoms with Gasteiger partial charge in [0.05, 0.1) is 33.3 Å². The van der Waals surface area contributed by atoms with Crippen LogP contribution in [0.4, 0.5) is 16.3 Å². The number of amides is 1. The van der Waals surface area contributed by atoms with Gasteiger partial charge in [0, 0.05) is 24.0 Å². The van der Waals surface area contributed by atoms with E-state index in [1.54, 1.807) is 44.6 Å². The lowest BCUT2D eigenvalue weighted by Gasteiger charge is -2.39. The van der Waals surface area contributed by atoms with Crippen LogP contribution in [-0.2, 0) is 24.3 Å². The van der Waals surface area contributed by atoms with Gasteiger partial charge >= 0.3 is 19.7 Å². The third-order valence-corrected chi connectivity index (χ3v) is 13.6. The van der Waals surface area contributed by atoms with Gasteiger partial charge < -0.3 is 29.4 Å². The molecule has 4 aromatic carbocycles. The van der Waals surface area contributed by atoms with Crippen molar-refractivity contribution in [1.82, 2.24) is 14.2 Å². The van der Waals surface area contributed by atoms with E-state index in [0.717, 1.165) is 16.7 Å². The lowest BCUT2D eigenvalue weighted by Crippen LogP contribution is -2.46. The number of methoxy groups -OCH3 is 2. The predicted molar refractivity (Wildman–Crippen MR) is 237 cm³/mol. The van der Waals surface area contributed by atoms with E-state index < -0.39 is 49.8 Å². The fraction of sp³-hybridized carbons (Fsp3) is 0.348. The van der Waals surface area contributed by atoms with Crippen LogP contribution in [0.2, 0.25) is 0 Å². The van der Waals surface area contributed by atoms with E-state index in [1.165, 1.54) is 16.8 Å².